The van der Waals surface area contributed by atoms with Crippen molar-refractivity contribution in [3.63, 3.8) is 0 Å². The van der Waals surface area contributed by atoms with Crippen LogP contribution in [0.5, 0.6) is 0 Å². The topological polar surface area (TPSA) is 29.5 Å². The maximum absolute atomic E-state index is 13.7. The maximum Gasteiger partial charge on any atom is 0.410 e. The predicted molar refractivity (Wildman–Crippen MR) is 90.4 cm³/mol. The van der Waals surface area contributed by atoms with E-state index in [1.165, 1.54) is 6.07 Å². The third-order valence-corrected chi connectivity index (χ3v) is 4.52. The van der Waals surface area contributed by atoms with Crippen molar-refractivity contribution in [2.24, 2.45) is 0 Å². The summed E-state index contributed by atoms with van der Waals surface area (Å²) in [5.74, 6) is -0.318. The van der Waals surface area contributed by atoms with Gasteiger partial charge < -0.3 is 9.64 Å². The van der Waals surface area contributed by atoms with Gasteiger partial charge in [0, 0.05) is 18.1 Å². The van der Waals surface area contributed by atoms with E-state index in [0.717, 1.165) is 24.8 Å². The van der Waals surface area contributed by atoms with Gasteiger partial charge in [0.15, 0.2) is 0 Å². The summed E-state index contributed by atoms with van der Waals surface area (Å²) >= 11 is 6.00. The van der Waals surface area contributed by atoms with Crippen molar-refractivity contribution in [3.05, 3.63) is 34.6 Å². The zero-order valence-electron chi connectivity index (χ0n) is 14.3. The van der Waals surface area contributed by atoms with E-state index in [4.69, 9.17) is 16.3 Å². The molecule has 1 atom stereocenters. The lowest BCUT2D eigenvalue weighted by Crippen LogP contribution is -2.37. The highest BCUT2D eigenvalue weighted by atomic mass is 35.5. The Morgan fingerprint density at radius 1 is 1.26 bits per heavy atom. The second kappa shape index (κ2) is 6.68. The van der Waals surface area contributed by atoms with E-state index in [2.05, 4.69) is 6.92 Å². The van der Waals surface area contributed by atoms with E-state index in [1.807, 2.05) is 26.8 Å². The molecule has 0 bridgehead atoms. The molecule has 0 aromatic heterocycles. The molecule has 2 rings (SSSR count). The Labute approximate surface area is 142 Å². The molecule has 0 spiro atoms. The first-order chi connectivity index (χ1) is 10.6. The number of benzene rings is 1. The largest absolute Gasteiger partial charge is 0.444 e. The molecule has 0 saturated carbocycles. The van der Waals surface area contributed by atoms with Crippen molar-refractivity contribution in [2.75, 3.05) is 13.1 Å². The molecule has 1 fully saturated rings. The average molecular weight is 342 g/mol. The number of rotatable bonds is 1. The van der Waals surface area contributed by atoms with Crippen molar-refractivity contribution in [2.45, 2.75) is 58.0 Å². The van der Waals surface area contributed by atoms with Crippen molar-refractivity contribution in [3.8, 4) is 0 Å². The second-order valence-corrected chi connectivity index (χ2v) is 7.98. The van der Waals surface area contributed by atoms with Gasteiger partial charge in [0.1, 0.15) is 11.4 Å². The van der Waals surface area contributed by atoms with Crippen LogP contribution in [-0.4, -0.2) is 29.7 Å². The van der Waals surface area contributed by atoms with E-state index in [9.17, 15) is 9.18 Å². The highest BCUT2D eigenvalue weighted by Crippen LogP contribution is 2.36. The fourth-order valence-electron chi connectivity index (χ4n) is 2.98. The van der Waals surface area contributed by atoms with Crippen molar-refractivity contribution in [1.29, 1.82) is 0 Å². The quantitative estimate of drug-likeness (QED) is 0.706. The summed E-state index contributed by atoms with van der Waals surface area (Å²) in [6.07, 6.45) is 2.21. The number of nitrogens with zero attached hydrogens (tertiary/aromatic N) is 1. The van der Waals surface area contributed by atoms with Gasteiger partial charge in [-0.1, -0.05) is 18.5 Å². The summed E-state index contributed by atoms with van der Waals surface area (Å²) in [7, 11) is 0. The van der Waals surface area contributed by atoms with Crippen molar-refractivity contribution in [1.82, 2.24) is 4.90 Å². The number of carbonyl (C=O) groups is 1. The maximum atomic E-state index is 13.7. The minimum absolute atomic E-state index is 0.192. The molecule has 0 aliphatic carbocycles. The summed E-state index contributed by atoms with van der Waals surface area (Å²) < 4.78 is 19.1. The molecule has 1 aromatic carbocycles. The monoisotopic (exact) mass is 341 g/mol. The van der Waals surface area contributed by atoms with Crippen LogP contribution in [0.25, 0.3) is 0 Å². The van der Waals surface area contributed by atoms with E-state index in [1.54, 1.807) is 11.0 Å². The summed E-state index contributed by atoms with van der Waals surface area (Å²) in [4.78, 5) is 14.0. The molecular weight excluding hydrogens is 317 g/mol. The third-order valence-electron chi connectivity index (χ3n) is 4.30. The van der Waals surface area contributed by atoms with Crippen LogP contribution >= 0.6 is 11.6 Å². The number of hydrogen-bond donors (Lipinski definition) is 0. The highest BCUT2D eigenvalue weighted by Gasteiger charge is 2.33. The first-order valence-electron chi connectivity index (χ1n) is 8.04. The van der Waals surface area contributed by atoms with Crippen LogP contribution < -0.4 is 0 Å². The molecule has 1 aliphatic rings. The van der Waals surface area contributed by atoms with E-state index in [-0.39, 0.29) is 17.3 Å². The standard InChI is InChI=1S/C18H25ClFNO2/c1-17(2,3)23-16(22)21-8-5-6-18(4,7-9-21)13-10-14(19)12-15(20)11-13/h10-12H,5-9H2,1-4H3. The van der Waals surface area contributed by atoms with Crippen LogP contribution in [0, 0.1) is 5.82 Å². The Morgan fingerprint density at radius 2 is 1.96 bits per heavy atom. The first-order valence-corrected chi connectivity index (χ1v) is 8.41. The molecule has 3 nitrogen and oxygen atoms in total. The lowest BCUT2D eigenvalue weighted by atomic mass is 9.76. The van der Waals surface area contributed by atoms with Gasteiger partial charge >= 0.3 is 6.09 Å². The predicted octanol–water partition coefficient (Wildman–Crippen LogP) is 5.16. The molecule has 1 aliphatic heterocycles. The van der Waals surface area contributed by atoms with Crippen LogP contribution in [0.3, 0.4) is 0 Å². The number of amides is 1. The van der Waals surface area contributed by atoms with E-state index in [0.29, 0.717) is 18.1 Å². The SMILES string of the molecule is CC(C)(C)OC(=O)N1CCCC(C)(c2cc(F)cc(Cl)c2)CC1. The van der Waals surface area contributed by atoms with Gasteiger partial charge in [-0.15, -0.1) is 0 Å². The molecule has 1 amide bonds. The molecule has 1 heterocycles. The summed E-state index contributed by atoms with van der Waals surface area (Å²) in [5, 5.41) is 0.412. The lowest BCUT2D eigenvalue weighted by Gasteiger charge is -2.30. The molecule has 5 heteroatoms. The third kappa shape index (κ3) is 4.84. The zero-order chi connectivity index (χ0) is 17.3. The molecule has 1 aromatic rings. The van der Waals surface area contributed by atoms with Crippen LogP contribution in [0.1, 0.15) is 52.5 Å². The molecular formula is C18H25ClFNO2. The second-order valence-electron chi connectivity index (χ2n) is 7.54. The van der Waals surface area contributed by atoms with Crippen LogP contribution in [0.2, 0.25) is 5.02 Å². The van der Waals surface area contributed by atoms with E-state index >= 15 is 0 Å². The minimum Gasteiger partial charge on any atom is -0.444 e. The Morgan fingerprint density at radius 3 is 2.57 bits per heavy atom. The van der Waals surface area contributed by atoms with Gasteiger partial charge in [-0.05, 0) is 69.2 Å². The number of likely N-dealkylation sites (tertiary alicyclic amines) is 1. The normalized spacial score (nSPS) is 22.6. The molecule has 1 unspecified atom stereocenters. The van der Waals surface area contributed by atoms with Gasteiger partial charge in [0.25, 0.3) is 0 Å². The average Bonchev–Trinajstić information content (AvgIpc) is 2.59. The highest BCUT2D eigenvalue weighted by molar-refractivity contribution is 6.30. The van der Waals surface area contributed by atoms with Crippen molar-refractivity contribution >= 4 is 17.7 Å². The van der Waals surface area contributed by atoms with Gasteiger partial charge in [-0.3, -0.25) is 0 Å². The summed E-state index contributed by atoms with van der Waals surface area (Å²) in [5.41, 5.74) is 0.208. The van der Waals surface area contributed by atoms with E-state index < -0.39 is 5.60 Å². The smallest absolute Gasteiger partial charge is 0.410 e. The van der Waals surface area contributed by atoms with Crippen LogP contribution in [0.15, 0.2) is 18.2 Å². The Balaban J connectivity index is 2.12. The summed E-state index contributed by atoms with van der Waals surface area (Å²) in [6.45, 7) is 8.95. The van der Waals surface area contributed by atoms with Crippen molar-refractivity contribution < 1.29 is 13.9 Å². The fourth-order valence-corrected chi connectivity index (χ4v) is 3.20. The Kier molecular flexibility index (Phi) is 5.24. The number of carbonyl (C=O) groups excluding carboxylic acids is 1. The molecule has 0 radical (unpaired) electrons. The molecule has 23 heavy (non-hydrogen) atoms. The van der Waals surface area contributed by atoms with Gasteiger partial charge in [-0.25, -0.2) is 9.18 Å². The van der Waals surface area contributed by atoms with Gasteiger partial charge in [0.05, 0.1) is 0 Å². The van der Waals surface area contributed by atoms with Crippen LogP contribution in [0.4, 0.5) is 9.18 Å². The molecule has 1 saturated heterocycles. The Hall–Kier alpha value is -1.29. The minimum atomic E-state index is -0.497. The molecule has 0 N–H and O–H groups in total. The van der Waals surface area contributed by atoms with Gasteiger partial charge in [0.2, 0.25) is 0 Å². The molecule has 128 valence electrons. The van der Waals surface area contributed by atoms with Crippen LogP contribution in [-0.2, 0) is 10.2 Å². The first kappa shape index (κ1) is 18.1. The lowest BCUT2D eigenvalue weighted by molar-refractivity contribution is 0.0254. The fraction of sp³-hybridized carbons (Fsp3) is 0.611. The number of hydrogen-bond acceptors (Lipinski definition) is 2. The Bertz CT molecular complexity index is 565. The number of halogens is 2. The zero-order valence-corrected chi connectivity index (χ0v) is 15.0. The number of ether oxygens (including phenoxy) is 1. The van der Waals surface area contributed by atoms with Gasteiger partial charge in [-0.2, -0.15) is 0 Å². The summed E-state index contributed by atoms with van der Waals surface area (Å²) in [6, 6.07) is 4.70.